The normalized spacial score (nSPS) is 11.2. The van der Waals surface area contributed by atoms with Crippen molar-refractivity contribution in [2.75, 3.05) is 0 Å². The van der Waals surface area contributed by atoms with E-state index >= 15 is 0 Å². The summed E-state index contributed by atoms with van der Waals surface area (Å²) >= 11 is 1.53. The Morgan fingerprint density at radius 1 is 1.53 bits per heavy atom. The van der Waals surface area contributed by atoms with Gasteiger partial charge in [0.15, 0.2) is 0 Å². The Morgan fingerprint density at radius 2 is 2.35 bits per heavy atom. The minimum atomic E-state index is -0.244. The average molecular weight is 242 g/mol. The number of nitrogens with zero attached hydrogens (tertiary/aromatic N) is 2. The summed E-state index contributed by atoms with van der Waals surface area (Å²) in [4.78, 5) is 12.1. The summed E-state index contributed by atoms with van der Waals surface area (Å²) in [6.07, 6.45) is 3.40. The van der Waals surface area contributed by atoms with Crippen molar-refractivity contribution in [3.05, 3.63) is 52.0 Å². The first kappa shape index (κ1) is 11.4. The molecular weight excluding hydrogens is 232 g/mol. The van der Waals surface area contributed by atoms with Gasteiger partial charge in [-0.25, -0.2) is 0 Å². The van der Waals surface area contributed by atoms with Gasteiger partial charge in [-0.2, -0.15) is 16.6 Å². The fraction of sp³-hybridized carbons (Fsp3) is 0.0769. The molecule has 0 aliphatic heterocycles. The monoisotopic (exact) mass is 242 g/mol. The molecule has 0 aliphatic carbocycles. The summed E-state index contributed by atoms with van der Waals surface area (Å²) in [5.41, 5.74) is 1.56. The highest BCUT2D eigenvalue weighted by Crippen LogP contribution is 2.14. The van der Waals surface area contributed by atoms with E-state index in [0.29, 0.717) is 5.69 Å². The molecule has 2 aromatic rings. The van der Waals surface area contributed by atoms with Gasteiger partial charge in [-0.1, -0.05) is 0 Å². The van der Waals surface area contributed by atoms with E-state index < -0.39 is 0 Å². The molecule has 0 fully saturated rings. The lowest BCUT2D eigenvalue weighted by Crippen LogP contribution is -2.07. The number of carbonyl (C=O) groups excluding carboxylic acids is 1. The van der Waals surface area contributed by atoms with E-state index in [9.17, 15) is 4.79 Å². The van der Waals surface area contributed by atoms with Crippen molar-refractivity contribution in [3.8, 4) is 6.07 Å². The molecule has 2 rings (SSSR count). The fourth-order valence-electron chi connectivity index (χ4n) is 1.51. The molecule has 0 atom stereocenters. The van der Waals surface area contributed by atoms with Crippen LogP contribution < -0.4 is 0 Å². The molecule has 0 saturated carbocycles. The van der Waals surface area contributed by atoms with E-state index in [0.717, 1.165) is 5.56 Å². The molecule has 4 heteroatoms. The van der Waals surface area contributed by atoms with Crippen LogP contribution in [0.5, 0.6) is 0 Å². The van der Waals surface area contributed by atoms with Crippen LogP contribution in [0.4, 0.5) is 0 Å². The van der Waals surface area contributed by atoms with Gasteiger partial charge in [-0.3, -0.25) is 4.79 Å². The van der Waals surface area contributed by atoms with Gasteiger partial charge in [0.2, 0.25) is 5.78 Å². The Balaban J connectivity index is 2.36. The topological polar surface area (TPSA) is 45.8 Å². The maximum absolute atomic E-state index is 12.1. The molecule has 84 valence electrons. The number of hydrogen-bond donors (Lipinski definition) is 0. The Morgan fingerprint density at radius 3 is 2.88 bits per heavy atom. The number of carbonyl (C=O) groups is 1. The largest absolute Gasteiger partial charge is 0.348 e. The first-order valence-electron chi connectivity index (χ1n) is 5.02. The summed E-state index contributed by atoms with van der Waals surface area (Å²) in [6.45, 7) is 0. The maximum atomic E-state index is 12.1. The van der Waals surface area contributed by atoms with Crippen LogP contribution in [-0.4, -0.2) is 10.4 Å². The third-order valence-corrected chi connectivity index (χ3v) is 3.10. The average Bonchev–Trinajstić information content (AvgIpc) is 2.96. The van der Waals surface area contributed by atoms with Crippen LogP contribution in [0.3, 0.4) is 0 Å². The van der Waals surface area contributed by atoms with Gasteiger partial charge >= 0.3 is 0 Å². The zero-order valence-corrected chi connectivity index (χ0v) is 10.1. The standard InChI is InChI=1S/C13H10N2OS/c1-15-5-2-3-12(15)13(16)11(8-14)7-10-4-6-17-9-10/h2-7,9H,1H3/b11-7+. The van der Waals surface area contributed by atoms with Gasteiger partial charge in [0, 0.05) is 13.2 Å². The van der Waals surface area contributed by atoms with Crippen molar-refractivity contribution >= 4 is 23.2 Å². The number of Topliss-reactive ketones (excluding diaryl/α,β-unsaturated/α-hetero) is 1. The van der Waals surface area contributed by atoms with Crippen LogP contribution in [0, 0.1) is 11.3 Å². The third-order valence-electron chi connectivity index (χ3n) is 2.40. The lowest BCUT2D eigenvalue weighted by atomic mass is 10.1. The second-order valence-corrected chi connectivity index (χ2v) is 4.34. The van der Waals surface area contributed by atoms with E-state index in [1.54, 1.807) is 36.0 Å². The Labute approximate surface area is 103 Å². The predicted molar refractivity (Wildman–Crippen MR) is 67.7 cm³/mol. The molecule has 2 heterocycles. The van der Waals surface area contributed by atoms with E-state index in [2.05, 4.69) is 0 Å². The summed E-state index contributed by atoms with van der Waals surface area (Å²) in [5.74, 6) is -0.244. The first-order valence-corrected chi connectivity index (χ1v) is 5.96. The Kier molecular flexibility index (Phi) is 3.22. The molecule has 0 radical (unpaired) electrons. The van der Waals surface area contributed by atoms with Gasteiger partial charge in [-0.15, -0.1) is 0 Å². The molecule has 0 N–H and O–H groups in total. The Hall–Kier alpha value is -2.12. The number of aryl methyl sites for hydroxylation is 1. The van der Waals surface area contributed by atoms with Crippen molar-refractivity contribution < 1.29 is 4.79 Å². The van der Waals surface area contributed by atoms with Crippen molar-refractivity contribution in [1.29, 1.82) is 5.26 Å². The molecule has 0 unspecified atom stereocenters. The van der Waals surface area contributed by atoms with Crippen molar-refractivity contribution in [1.82, 2.24) is 4.57 Å². The lowest BCUT2D eigenvalue weighted by Gasteiger charge is -2.00. The smallest absolute Gasteiger partial charge is 0.219 e. The number of aromatic nitrogens is 1. The molecule has 0 amide bonds. The van der Waals surface area contributed by atoms with Gasteiger partial charge in [0.05, 0.1) is 5.69 Å². The van der Waals surface area contributed by atoms with Gasteiger partial charge < -0.3 is 4.57 Å². The number of rotatable bonds is 3. The molecule has 2 aromatic heterocycles. The fourth-order valence-corrected chi connectivity index (χ4v) is 2.13. The highest BCUT2D eigenvalue weighted by Gasteiger charge is 2.14. The van der Waals surface area contributed by atoms with Crippen LogP contribution in [0.15, 0.2) is 40.7 Å². The van der Waals surface area contributed by atoms with Crippen LogP contribution >= 0.6 is 11.3 Å². The molecule has 3 nitrogen and oxygen atoms in total. The van der Waals surface area contributed by atoms with Crippen molar-refractivity contribution in [2.24, 2.45) is 7.05 Å². The zero-order chi connectivity index (χ0) is 12.3. The summed E-state index contributed by atoms with van der Waals surface area (Å²) in [7, 11) is 1.78. The van der Waals surface area contributed by atoms with Gasteiger partial charge in [0.25, 0.3) is 0 Å². The third kappa shape index (κ3) is 2.35. The zero-order valence-electron chi connectivity index (χ0n) is 9.25. The minimum Gasteiger partial charge on any atom is -0.348 e. The summed E-state index contributed by atoms with van der Waals surface area (Å²) in [6, 6.07) is 7.33. The molecule has 0 saturated heterocycles. The highest BCUT2D eigenvalue weighted by molar-refractivity contribution is 7.08. The number of nitriles is 1. The minimum absolute atomic E-state index is 0.158. The number of allylic oxidation sites excluding steroid dienone is 1. The van der Waals surface area contributed by atoms with E-state index in [1.807, 2.05) is 22.9 Å². The van der Waals surface area contributed by atoms with Crippen LogP contribution in [-0.2, 0) is 7.05 Å². The lowest BCUT2D eigenvalue weighted by molar-refractivity contribution is 0.103. The number of hydrogen-bond acceptors (Lipinski definition) is 3. The molecular formula is C13H10N2OS. The first-order chi connectivity index (χ1) is 8.22. The molecule has 0 spiro atoms. The summed E-state index contributed by atoms with van der Waals surface area (Å²) < 4.78 is 1.71. The molecule has 0 bridgehead atoms. The SMILES string of the molecule is Cn1cccc1C(=O)/C(C#N)=C/c1ccsc1. The second kappa shape index (κ2) is 4.81. The van der Waals surface area contributed by atoms with Crippen molar-refractivity contribution in [3.63, 3.8) is 0 Å². The van der Waals surface area contributed by atoms with E-state index in [-0.39, 0.29) is 11.4 Å². The Bertz CT molecular complexity index is 600. The highest BCUT2D eigenvalue weighted by atomic mass is 32.1. The van der Waals surface area contributed by atoms with Gasteiger partial charge in [-0.05, 0) is 40.6 Å². The predicted octanol–water partition coefficient (Wildman–Crippen LogP) is 2.88. The number of thiophene rings is 1. The van der Waals surface area contributed by atoms with Crippen LogP contribution in [0.1, 0.15) is 16.1 Å². The number of ketones is 1. The molecule has 0 aliphatic rings. The molecule has 0 aromatic carbocycles. The van der Waals surface area contributed by atoms with Crippen LogP contribution in [0.25, 0.3) is 6.08 Å². The van der Waals surface area contributed by atoms with Crippen molar-refractivity contribution in [2.45, 2.75) is 0 Å². The quantitative estimate of drug-likeness (QED) is 0.472. The van der Waals surface area contributed by atoms with Gasteiger partial charge in [0.1, 0.15) is 11.6 Å². The van der Waals surface area contributed by atoms with E-state index in [4.69, 9.17) is 5.26 Å². The van der Waals surface area contributed by atoms with E-state index in [1.165, 1.54) is 11.3 Å². The van der Waals surface area contributed by atoms with Crippen LogP contribution in [0.2, 0.25) is 0 Å². The second-order valence-electron chi connectivity index (χ2n) is 3.56. The summed E-state index contributed by atoms with van der Waals surface area (Å²) in [5, 5.41) is 12.8. The molecule has 17 heavy (non-hydrogen) atoms. The maximum Gasteiger partial charge on any atom is 0.219 e.